The number of aryl methyl sites for hydroxylation is 1. The Bertz CT molecular complexity index is 1090. The molecule has 1 heterocycles. The number of amidine groups is 1. The summed E-state index contributed by atoms with van der Waals surface area (Å²) in [7, 11) is -4.00. The van der Waals surface area contributed by atoms with Crippen LogP contribution in [0.25, 0.3) is 6.08 Å². The molecule has 5 nitrogen and oxygen atoms in total. The molecule has 144 valence electrons. The maximum absolute atomic E-state index is 13.9. The lowest BCUT2D eigenvalue weighted by Crippen LogP contribution is -2.29. The molecule has 2 aromatic carbocycles. The lowest BCUT2D eigenvalue weighted by atomic mass is 10.2. The highest BCUT2D eigenvalue weighted by molar-refractivity contribution is 8.19. The van der Waals surface area contributed by atoms with E-state index in [4.69, 9.17) is 0 Å². The van der Waals surface area contributed by atoms with E-state index in [9.17, 15) is 17.6 Å². The molecule has 0 N–H and O–H groups in total. The average molecular weight is 416 g/mol. The van der Waals surface area contributed by atoms with Crippen molar-refractivity contribution in [2.24, 2.45) is 4.40 Å². The second kappa shape index (κ2) is 8.12. The summed E-state index contributed by atoms with van der Waals surface area (Å²) in [6.07, 6.45) is 2.86. The Hall–Kier alpha value is -2.71. The van der Waals surface area contributed by atoms with Crippen molar-refractivity contribution in [3.63, 3.8) is 0 Å². The maximum atomic E-state index is 13.9. The number of thioether (sulfide) groups is 1. The standard InChI is InChI=1S/C20H17FN2O3S2/c1-3-12-23-19(24)18(13-15-6-4-5-7-17(15)21)27-20(23)22-28(25,26)16-10-8-14(2)9-11-16/h3-11,13H,1,12H2,2H3/b18-13-,22-20+. The molecule has 0 unspecified atom stereocenters. The van der Waals surface area contributed by atoms with E-state index in [-0.39, 0.29) is 27.1 Å². The van der Waals surface area contributed by atoms with Gasteiger partial charge in [-0.25, -0.2) is 4.39 Å². The topological polar surface area (TPSA) is 66.8 Å². The minimum absolute atomic E-state index is 0.00747. The molecule has 0 spiro atoms. The Morgan fingerprint density at radius 3 is 2.50 bits per heavy atom. The van der Waals surface area contributed by atoms with Gasteiger partial charge in [-0.05, 0) is 43.0 Å². The van der Waals surface area contributed by atoms with Crippen LogP contribution in [0.4, 0.5) is 4.39 Å². The zero-order valence-electron chi connectivity index (χ0n) is 15.0. The van der Waals surface area contributed by atoms with Crippen LogP contribution in [0.15, 0.2) is 75.4 Å². The summed E-state index contributed by atoms with van der Waals surface area (Å²) >= 11 is 0.889. The first kappa shape index (κ1) is 20.0. The van der Waals surface area contributed by atoms with E-state index in [0.29, 0.717) is 0 Å². The van der Waals surface area contributed by atoms with Gasteiger partial charge in [-0.1, -0.05) is 42.0 Å². The third kappa shape index (κ3) is 4.23. The highest BCUT2D eigenvalue weighted by Gasteiger charge is 2.34. The number of sulfonamides is 1. The molecule has 0 aromatic heterocycles. The van der Waals surface area contributed by atoms with Crippen molar-refractivity contribution in [2.75, 3.05) is 6.54 Å². The second-order valence-electron chi connectivity index (χ2n) is 6.00. The monoisotopic (exact) mass is 416 g/mol. The molecule has 1 fully saturated rings. The fraction of sp³-hybridized carbons (Fsp3) is 0.100. The van der Waals surface area contributed by atoms with Crippen molar-refractivity contribution in [2.45, 2.75) is 11.8 Å². The third-order valence-corrected chi connectivity index (χ3v) is 6.31. The van der Waals surface area contributed by atoms with Gasteiger partial charge >= 0.3 is 0 Å². The van der Waals surface area contributed by atoms with Crippen molar-refractivity contribution < 1.29 is 17.6 Å². The van der Waals surface area contributed by atoms with Crippen molar-refractivity contribution in [1.29, 1.82) is 0 Å². The molecule has 0 aliphatic carbocycles. The first-order chi connectivity index (χ1) is 13.3. The van der Waals surface area contributed by atoms with Gasteiger partial charge in [0.05, 0.1) is 9.80 Å². The Labute approximate surface area is 167 Å². The van der Waals surface area contributed by atoms with Crippen LogP contribution < -0.4 is 0 Å². The quantitative estimate of drug-likeness (QED) is 0.546. The predicted octanol–water partition coefficient (Wildman–Crippen LogP) is 3.98. The zero-order chi connectivity index (χ0) is 20.3. The highest BCUT2D eigenvalue weighted by atomic mass is 32.2. The number of carbonyl (C=O) groups excluding carboxylic acids is 1. The minimum Gasteiger partial charge on any atom is -0.282 e. The number of hydrogen-bond donors (Lipinski definition) is 0. The van der Waals surface area contributed by atoms with Crippen LogP contribution in [0.3, 0.4) is 0 Å². The van der Waals surface area contributed by atoms with Crippen LogP contribution >= 0.6 is 11.8 Å². The summed E-state index contributed by atoms with van der Waals surface area (Å²) in [5.41, 5.74) is 1.15. The van der Waals surface area contributed by atoms with Crippen LogP contribution in [0.2, 0.25) is 0 Å². The van der Waals surface area contributed by atoms with Crippen LogP contribution in [0.5, 0.6) is 0 Å². The van der Waals surface area contributed by atoms with E-state index in [1.807, 2.05) is 6.92 Å². The molecule has 0 bridgehead atoms. The molecule has 2 aromatic rings. The molecule has 0 saturated carbocycles. The van der Waals surface area contributed by atoms with Crippen molar-refractivity contribution in [3.8, 4) is 0 Å². The molecular formula is C20H17FN2O3S2. The lowest BCUT2D eigenvalue weighted by molar-refractivity contribution is -0.121. The number of carbonyl (C=O) groups is 1. The molecule has 1 saturated heterocycles. The summed E-state index contributed by atoms with van der Waals surface area (Å²) in [4.78, 5) is 14.1. The Morgan fingerprint density at radius 2 is 1.86 bits per heavy atom. The third-order valence-electron chi connectivity index (χ3n) is 3.91. The van der Waals surface area contributed by atoms with Crippen molar-refractivity contribution in [3.05, 3.63) is 83.0 Å². The number of halogens is 1. The Balaban J connectivity index is 2.01. The number of amides is 1. The number of rotatable bonds is 5. The summed E-state index contributed by atoms with van der Waals surface area (Å²) in [6.45, 7) is 5.53. The normalized spacial score (nSPS) is 17.5. The Morgan fingerprint density at radius 1 is 1.18 bits per heavy atom. The van der Waals surface area contributed by atoms with Gasteiger partial charge in [0.1, 0.15) is 5.82 Å². The summed E-state index contributed by atoms with van der Waals surface area (Å²) in [6, 6.07) is 12.3. The number of nitrogens with zero attached hydrogens (tertiary/aromatic N) is 2. The van der Waals surface area contributed by atoms with E-state index < -0.39 is 21.7 Å². The molecule has 1 amide bonds. The maximum Gasteiger partial charge on any atom is 0.284 e. The van der Waals surface area contributed by atoms with Gasteiger partial charge in [-0.3, -0.25) is 9.69 Å². The van der Waals surface area contributed by atoms with Crippen LogP contribution in [-0.4, -0.2) is 30.9 Å². The van der Waals surface area contributed by atoms with Gasteiger partial charge in [0.2, 0.25) is 0 Å². The van der Waals surface area contributed by atoms with E-state index in [2.05, 4.69) is 11.0 Å². The first-order valence-electron chi connectivity index (χ1n) is 8.30. The van der Waals surface area contributed by atoms with Gasteiger partial charge in [0, 0.05) is 12.1 Å². The Kier molecular flexibility index (Phi) is 5.81. The predicted molar refractivity (Wildman–Crippen MR) is 110 cm³/mol. The molecular weight excluding hydrogens is 399 g/mol. The summed E-state index contributed by atoms with van der Waals surface area (Å²) < 4.78 is 43.0. The molecule has 1 aliphatic rings. The van der Waals surface area contributed by atoms with Crippen molar-refractivity contribution in [1.82, 2.24) is 4.90 Å². The molecule has 28 heavy (non-hydrogen) atoms. The van der Waals surface area contributed by atoms with E-state index >= 15 is 0 Å². The van der Waals surface area contributed by atoms with Gasteiger partial charge < -0.3 is 0 Å². The van der Waals surface area contributed by atoms with Gasteiger partial charge in [-0.15, -0.1) is 11.0 Å². The fourth-order valence-electron chi connectivity index (χ4n) is 2.47. The largest absolute Gasteiger partial charge is 0.284 e. The average Bonchev–Trinajstić information content (AvgIpc) is 2.92. The van der Waals surface area contributed by atoms with Gasteiger partial charge in [0.25, 0.3) is 15.9 Å². The SMILES string of the molecule is C=CCN1C(=O)/C(=C/c2ccccc2F)S/C1=N/S(=O)(=O)c1ccc(C)cc1. The second-order valence-corrected chi connectivity index (χ2v) is 8.61. The number of hydrogen-bond acceptors (Lipinski definition) is 4. The van der Waals surface area contributed by atoms with E-state index in [1.165, 1.54) is 41.3 Å². The molecule has 0 atom stereocenters. The fourth-order valence-corrected chi connectivity index (χ4v) is 4.65. The highest BCUT2D eigenvalue weighted by Crippen LogP contribution is 2.34. The minimum atomic E-state index is -4.00. The van der Waals surface area contributed by atoms with Gasteiger partial charge in [0.15, 0.2) is 5.17 Å². The van der Waals surface area contributed by atoms with E-state index in [1.54, 1.807) is 24.3 Å². The first-order valence-corrected chi connectivity index (χ1v) is 10.6. The van der Waals surface area contributed by atoms with Crippen LogP contribution in [0, 0.1) is 12.7 Å². The molecule has 0 radical (unpaired) electrons. The number of benzene rings is 2. The zero-order valence-corrected chi connectivity index (χ0v) is 16.6. The smallest absolute Gasteiger partial charge is 0.282 e. The molecule has 3 rings (SSSR count). The molecule has 8 heteroatoms. The molecule has 1 aliphatic heterocycles. The van der Waals surface area contributed by atoms with E-state index in [0.717, 1.165) is 17.3 Å². The van der Waals surface area contributed by atoms with Crippen LogP contribution in [0.1, 0.15) is 11.1 Å². The van der Waals surface area contributed by atoms with Crippen LogP contribution in [-0.2, 0) is 14.8 Å². The van der Waals surface area contributed by atoms with Gasteiger partial charge in [-0.2, -0.15) is 8.42 Å². The van der Waals surface area contributed by atoms with Crippen molar-refractivity contribution >= 4 is 38.9 Å². The summed E-state index contributed by atoms with van der Waals surface area (Å²) in [5, 5.41) is 0.00747. The lowest BCUT2D eigenvalue weighted by Gasteiger charge is -2.12. The summed E-state index contributed by atoms with van der Waals surface area (Å²) in [5.74, 6) is -0.928.